The SMILES string of the molecule is CC(C)C[C@@H](C(=O)N1C[C@]2(CC1C#N)C(=O)Nc1ccccc12)N(C)C(=O)CC(=O)OC(C)(C)C. The molecular formula is C26H34N4O5. The van der Waals surface area contributed by atoms with Gasteiger partial charge < -0.3 is 19.9 Å². The summed E-state index contributed by atoms with van der Waals surface area (Å²) in [6.45, 7) is 9.06. The van der Waals surface area contributed by atoms with Gasteiger partial charge in [-0.15, -0.1) is 0 Å². The number of carbonyl (C=O) groups is 4. The summed E-state index contributed by atoms with van der Waals surface area (Å²) >= 11 is 0. The van der Waals surface area contributed by atoms with Gasteiger partial charge in [0, 0.05) is 25.7 Å². The lowest BCUT2D eigenvalue weighted by atomic mass is 9.80. The monoisotopic (exact) mass is 482 g/mol. The van der Waals surface area contributed by atoms with E-state index < -0.39 is 47.3 Å². The van der Waals surface area contributed by atoms with Gasteiger partial charge in [0.05, 0.1) is 11.5 Å². The summed E-state index contributed by atoms with van der Waals surface area (Å²) in [5.74, 6) is -1.78. The van der Waals surface area contributed by atoms with Crippen LogP contribution in [0.4, 0.5) is 5.69 Å². The van der Waals surface area contributed by atoms with Gasteiger partial charge in [-0.2, -0.15) is 5.26 Å². The third kappa shape index (κ3) is 5.31. The maximum Gasteiger partial charge on any atom is 0.315 e. The van der Waals surface area contributed by atoms with Gasteiger partial charge in [-0.25, -0.2) is 0 Å². The number of hydrogen-bond donors (Lipinski definition) is 1. The van der Waals surface area contributed by atoms with Gasteiger partial charge >= 0.3 is 5.97 Å². The van der Waals surface area contributed by atoms with E-state index in [1.807, 2.05) is 32.0 Å². The number of para-hydroxylation sites is 1. The number of nitriles is 1. The van der Waals surface area contributed by atoms with Gasteiger partial charge in [-0.05, 0) is 44.7 Å². The van der Waals surface area contributed by atoms with E-state index in [2.05, 4.69) is 11.4 Å². The summed E-state index contributed by atoms with van der Waals surface area (Å²) in [5.41, 5.74) is -0.276. The van der Waals surface area contributed by atoms with E-state index in [1.54, 1.807) is 26.8 Å². The molecule has 1 spiro atoms. The number of esters is 1. The molecule has 2 heterocycles. The topological polar surface area (TPSA) is 120 Å². The minimum Gasteiger partial charge on any atom is -0.460 e. The molecule has 0 saturated carbocycles. The van der Waals surface area contributed by atoms with Gasteiger partial charge in [0.2, 0.25) is 17.7 Å². The lowest BCUT2D eigenvalue weighted by Gasteiger charge is -2.33. The minimum atomic E-state index is -1.01. The molecule has 1 N–H and O–H groups in total. The van der Waals surface area contributed by atoms with E-state index in [0.29, 0.717) is 12.1 Å². The molecular weight excluding hydrogens is 448 g/mol. The van der Waals surface area contributed by atoms with Gasteiger partial charge in [0.1, 0.15) is 24.1 Å². The first kappa shape index (κ1) is 26.2. The van der Waals surface area contributed by atoms with Crippen LogP contribution < -0.4 is 5.32 Å². The van der Waals surface area contributed by atoms with Crippen LogP contribution >= 0.6 is 0 Å². The molecule has 0 radical (unpaired) electrons. The Morgan fingerprint density at radius 2 is 1.94 bits per heavy atom. The van der Waals surface area contributed by atoms with Crippen molar-refractivity contribution >= 4 is 29.4 Å². The molecule has 1 fully saturated rings. The summed E-state index contributed by atoms with van der Waals surface area (Å²) in [7, 11) is 1.49. The van der Waals surface area contributed by atoms with Crippen molar-refractivity contribution in [2.45, 2.75) is 77.0 Å². The smallest absolute Gasteiger partial charge is 0.315 e. The van der Waals surface area contributed by atoms with Crippen molar-refractivity contribution in [2.24, 2.45) is 5.92 Å². The number of benzene rings is 1. The van der Waals surface area contributed by atoms with E-state index in [9.17, 15) is 24.4 Å². The predicted octanol–water partition coefficient (Wildman–Crippen LogP) is 2.61. The van der Waals surface area contributed by atoms with Crippen LogP contribution in [0.25, 0.3) is 0 Å². The van der Waals surface area contributed by atoms with E-state index in [4.69, 9.17) is 4.74 Å². The maximum absolute atomic E-state index is 13.8. The third-order valence-corrected chi connectivity index (χ3v) is 6.47. The number of anilines is 1. The van der Waals surface area contributed by atoms with Crippen molar-refractivity contribution < 1.29 is 23.9 Å². The van der Waals surface area contributed by atoms with Crippen LogP contribution in [0.1, 0.15) is 59.4 Å². The highest BCUT2D eigenvalue weighted by Gasteiger charge is 2.56. The zero-order valence-electron chi connectivity index (χ0n) is 21.3. The third-order valence-electron chi connectivity index (χ3n) is 6.47. The zero-order chi connectivity index (χ0) is 26.1. The Morgan fingerprint density at radius 3 is 2.54 bits per heavy atom. The van der Waals surface area contributed by atoms with Crippen LogP contribution in [0.3, 0.4) is 0 Å². The number of carbonyl (C=O) groups excluding carboxylic acids is 4. The molecule has 0 bridgehead atoms. The Bertz CT molecular complexity index is 1070. The normalized spacial score (nSPS) is 21.9. The van der Waals surface area contributed by atoms with Crippen molar-refractivity contribution in [2.75, 3.05) is 18.9 Å². The molecule has 9 nitrogen and oxygen atoms in total. The van der Waals surface area contributed by atoms with E-state index in [0.717, 1.165) is 5.56 Å². The average molecular weight is 483 g/mol. The fourth-order valence-corrected chi connectivity index (χ4v) is 4.85. The van der Waals surface area contributed by atoms with E-state index >= 15 is 0 Å². The number of hydrogen-bond acceptors (Lipinski definition) is 6. The molecule has 9 heteroatoms. The Hall–Kier alpha value is -3.41. The molecule has 2 aliphatic rings. The Kier molecular flexibility index (Phi) is 7.25. The standard InChI is InChI=1S/C26H34N4O5/c1-16(2)11-20(29(6)21(31)12-22(32)35-25(3,4)5)23(33)30-15-26(13-17(30)14-27)18-9-7-8-10-19(18)28-24(26)34/h7-10,16-17,20H,11-13,15H2,1-6H3,(H,28,34)/t17?,20-,26-/m0/s1. The van der Waals surface area contributed by atoms with Gasteiger partial charge in [-0.1, -0.05) is 32.0 Å². The molecule has 35 heavy (non-hydrogen) atoms. The fraction of sp³-hybridized carbons (Fsp3) is 0.577. The Morgan fingerprint density at radius 1 is 1.29 bits per heavy atom. The number of fused-ring (bicyclic) bond motifs is 2. The summed E-state index contributed by atoms with van der Waals surface area (Å²) in [5, 5.41) is 12.8. The molecule has 188 valence electrons. The van der Waals surface area contributed by atoms with Crippen LogP contribution in [0.5, 0.6) is 0 Å². The molecule has 3 atom stereocenters. The van der Waals surface area contributed by atoms with E-state index in [-0.39, 0.29) is 24.8 Å². The largest absolute Gasteiger partial charge is 0.460 e. The number of ether oxygens (including phenoxy) is 1. The second-order valence-electron chi connectivity index (χ2n) is 10.8. The first-order chi connectivity index (χ1) is 16.3. The Labute approximate surface area is 206 Å². The lowest BCUT2D eigenvalue weighted by Crippen LogP contribution is -2.52. The van der Waals surface area contributed by atoms with Crippen molar-refractivity contribution in [3.8, 4) is 6.07 Å². The first-order valence-electron chi connectivity index (χ1n) is 11.9. The molecule has 2 aliphatic heterocycles. The van der Waals surface area contributed by atoms with Crippen LogP contribution in [0.2, 0.25) is 0 Å². The van der Waals surface area contributed by atoms with Gasteiger partial charge in [0.25, 0.3) is 0 Å². The highest BCUT2D eigenvalue weighted by molar-refractivity contribution is 6.07. The number of nitrogens with one attached hydrogen (secondary N) is 1. The second-order valence-corrected chi connectivity index (χ2v) is 10.8. The zero-order valence-corrected chi connectivity index (χ0v) is 21.3. The summed E-state index contributed by atoms with van der Waals surface area (Å²) in [6.07, 6.45) is 0.0406. The molecule has 3 amide bonds. The van der Waals surface area contributed by atoms with Crippen LogP contribution in [0, 0.1) is 17.2 Å². The molecule has 1 unspecified atom stereocenters. The second kappa shape index (κ2) is 9.68. The minimum absolute atomic E-state index is 0.0512. The highest BCUT2D eigenvalue weighted by Crippen LogP contribution is 2.46. The highest BCUT2D eigenvalue weighted by atomic mass is 16.6. The molecule has 1 saturated heterocycles. The Balaban J connectivity index is 1.85. The molecule has 1 aromatic carbocycles. The van der Waals surface area contributed by atoms with Gasteiger partial charge in [0.15, 0.2) is 0 Å². The number of amides is 3. The first-order valence-corrected chi connectivity index (χ1v) is 11.9. The maximum atomic E-state index is 13.8. The molecule has 3 rings (SSSR count). The summed E-state index contributed by atoms with van der Waals surface area (Å²) in [4.78, 5) is 54.7. The quantitative estimate of drug-likeness (QED) is 0.492. The average Bonchev–Trinajstić information content (AvgIpc) is 3.28. The van der Waals surface area contributed by atoms with Crippen molar-refractivity contribution in [1.29, 1.82) is 5.26 Å². The molecule has 0 aromatic heterocycles. The molecule has 1 aromatic rings. The van der Waals surface area contributed by atoms with Crippen molar-refractivity contribution in [1.82, 2.24) is 9.80 Å². The summed E-state index contributed by atoms with van der Waals surface area (Å²) in [6, 6.07) is 7.78. The van der Waals surface area contributed by atoms with Crippen LogP contribution in [-0.4, -0.2) is 64.8 Å². The van der Waals surface area contributed by atoms with Crippen molar-refractivity contribution in [3.63, 3.8) is 0 Å². The van der Waals surface area contributed by atoms with Crippen molar-refractivity contribution in [3.05, 3.63) is 29.8 Å². The number of likely N-dealkylation sites (N-methyl/N-ethyl adjacent to an activating group) is 1. The van der Waals surface area contributed by atoms with Gasteiger partial charge in [-0.3, -0.25) is 19.2 Å². The molecule has 0 aliphatic carbocycles. The summed E-state index contributed by atoms with van der Waals surface area (Å²) < 4.78 is 5.25. The fourth-order valence-electron chi connectivity index (χ4n) is 4.85. The van der Waals surface area contributed by atoms with Crippen LogP contribution in [0.15, 0.2) is 24.3 Å². The number of likely N-dealkylation sites (tertiary alicyclic amines) is 1. The predicted molar refractivity (Wildman–Crippen MR) is 129 cm³/mol. The van der Waals surface area contributed by atoms with E-state index in [1.165, 1.54) is 16.8 Å². The number of nitrogens with zero attached hydrogens (tertiary/aromatic N) is 3. The van der Waals surface area contributed by atoms with Crippen LogP contribution in [-0.2, 0) is 29.3 Å². The number of rotatable bonds is 6. The lowest BCUT2D eigenvalue weighted by molar-refractivity contribution is -0.159.